The van der Waals surface area contributed by atoms with Crippen LogP contribution in [0, 0.1) is 12.7 Å². The van der Waals surface area contributed by atoms with Crippen molar-refractivity contribution >= 4 is 22.5 Å². The molecule has 0 saturated carbocycles. The van der Waals surface area contributed by atoms with Crippen molar-refractivity contribution < 1.29 is 9.18 Å². The lowest BCUT2D eigenvalue weighted by atomic mass is 9.97. The molecule has 10 heteroatoms. The van der Waals surface area contributed by atoms with Gasteiger partial charge in [0.15, 0.2) is 0 Å². The predicted octanol–water partition coefficient (Wildman–Crippen LogP) is 4.28. The molecule has 0 radical (unpaired) electrons. The summed E-state index contributed by atoms with van der Waals surface area (Å²) in [6.45, 7) is 3.51. The van der Waals surface area contributed by atoms with Gasteiger partial charge in [-0.15, -0.1) is 5.10 Å². The van der Waals surface area contributed by atoms with Crippen LogP contribution in [0.4, 0.5) is 10.2 Å². The van der Waals surface area contributed by atoms with Crippen LogP contribution in [-0.2, 0) is 14.1 Å². The first-order chi connectivity index (χ1) is 18.9. The number of amides is 1. The first-order valence-corrected chi connectivity index (χ1v) is 13.0. The van der Waals surface area contributed by atoms with Gasteiger partial charge in [-0.05, 0) is 67.1 Å². The fraction of sp³-hybridized carbons (Fsp3) is 0.276. The average molecular weight is 525 g/mol. The number of nitrogens with zero attached hydrogens (tertiary/aromatic N) is 7. The van der Waals surface area contributed by atoms with E-state index in [0.29, 0.717) is 23.6 Å². The molecule has 1 fully saturated rings. The van der Waals surface area contributed by atoms with Gasteiger partial charge in [0, 0.05) is 49.5 Å². The second-order valence-electron chi connectivity index (χ2n) is 10.1. The number of fused-ring (bicyclic) bond motifs is 1. The van der Waals surface area contributed by atoms with Crippen molar-refractivity contribution in [2.45, 2.75) is 25.8 Å². The van der Waals surface area contributed by atoms with E-state index in [0.717, 1.165) is 46.8 Å². The zero-order chi connectivity index (χ0) is 27.1. The number of aryl methyl sites for hydroxylation is 3. The van der Waals surface area contributed by atoms with Crippen molar-refractivity contribution in [3.05, 3.63) is 78.1 Å². The highest BCUT2D eigenvalue weighted by Crippen LogP contribution is 2.35. The van der Waals surface area contributed by atoms with Gasteiger partial charge in [0.25, 0.3) is 5.91 Å². The maximum atomic E-state index is 15.5. The Hall–Kier alpha value is -4.44. The van der Waals surface area contributed by atoms with Gasteiger partial charge in [0.2, 0.25) is 0 Å². The van der Waals surface area contributed by atoms with Crippen molar-refractivity contribution in [3.8, 4) is 22.4 Å². The summed E-state index contributed by atoms with van der Waals surface area (Å²) in [4.78, 5) is 20.5. The van der Waals surface area contributed by atoms with Gasteiger partial charge >= 0.3 is 0 Å². The van der Waals surface area contributed by atoms with E-state index in [2.05, 4.69) is 32.9 Å². The van der Waals surface area contributed by atoms with Gasteiger partial charge in [0.05, 0.1) is 24.0 Å². The van der Waals surface area contributed by atoms with Crippen LogP contribution < -0.4 is 10.2 Å². The monoisotopic (exact) mass is 524 g/mol. The summed E-state index contributed by atoms with van der Waals surface area (Å²) < 4.78 is 18.9. The number of hydrogen-bond donors (Lipinski definition) is 1. The third kappa shape index (κ3) is 4.67. The van der Waals surface area contributed by atoms with Crippen LogP contribution >= 0.6 is 0 Å². The molecule has 0 bridgehead atoms. The van der Waals surface area contributed by atoms with E-state index in [1.54, 1.807) is 39.8 Å². The topological polar surface area (TPSA) is 93.8 Å². The van der Waals surface area contributed by atoms with Gasteiger partial charge < -0.3 is 5.32 Å². The molecule has 1 atom stereocenters. The summed E-state index contributed by atoms with van der Waals surface area (Å²) in [6, 6.07) is 10.5. The molecule has 1 amide bonds. The Kier molecular flexibility index (Phi) is 6.40. The SMILES string of the molecule is Cc1cc(-c2cnn(C)c2)cc2ccnc(N(C(=O)c3ccc(-c4cn(C)nn4)cc3F)[C@@H]3CCCNC3)c12. The molecule has 39 heavy (non-hydrogen) atoms. The van der Waals surface area contributed by atoms with Crippen LogP contribution in [0.2, 0.25) is 0 Å². The van der Waals surface area contributed by atoms with E-state index in [1.807, 2.05) is 32.4 Å². The van der Waals surface area contributed by atoms with Crippen LogP contribution in [-0.4, -0.2) is 54.8 Å². The first kappa shape index (κ1) is 24.9. The number of piperidine rings is 1. The lowest BCUT2D eigenvalue weighted by Crippen LogP contribution is -2.49. The minimum atomic E-state index is -0.604. The van der Waals surface area contributed by atoms with Crippen molar-refractivity contribution in [1.29, 1.82) is 0 Å². The first-order valence-electron chi connectivity index (χ1n) is 13.0. The Bertz CT molecular complexity index is 1680. The molecule has 0 spiro atoms. The maximum Gasteiger partial charge on any atom is 0.262 e. The lowest BCUT2D eigenvalue weighted by molar-refractivity contribution is 0.0968. The van der Waals surface area contributed by atoms with Gasteiger partial charge in [-0.25, -0.2) is 9.37 Å². The summed E-state index contributed by atoms with van der Waals surface area (Å²) in [7, 11) is 3.64. The molecule has 198 valence electrons. The van der Waals surface area contributed by atoms with Crippen LogP contribution in [0.25, 0.3) is 33.2 Å². The van der Waals surface area contributed by atoms with Gasteiger partial charge in [-0.2, -0.15) is 5.10 Å². The molecule has 1 aliphatic rings. The molecule has 9 nitrogen and oxygen atoms in total. The lowest BCUT2D eigenvalue weighted by Gasteiger charge is -2.35. The molecule has 3 aromatic heterocycles. The second kappa shape index (κ2) is 10.0. The summed E-state index contributed by atoms with van der Waals surface area (Å²) in [6.07, 6.45) is 8.94. The van der Waals surface area contributed by atoms with Crippen LogP contribution in [0.5, 0.6) is 0 Å². The number of nitrogens with one attached hydrogen (secondary N) is 1. The largest absolute Gasteiger partial charge is 0.315 e. The zero-order valence-electron chi connectivity index (χ0n) is 22.1. The molecule has 1 aliphatic heterocycles. The number of carbonyl (C=O) groups excluding carboxylic acids is 1. The van der Waals surface area contributed by atoms with Crippen molar-refractivity contribution in [3.63, 3.8) is 0 Å². The highest BCUT2D eigenvalue weighted by atomic mass is 19.1. The zero-order valence-corrected chi connectivity index (χ0v) is 22.1. The number of rotatable bonds is 5. The summed E-state index contributed by atoms with van der Waals surface area (Å²) in [5.74, 6) is -0.478. The van der Waals surface area contributed by atoms with E-state index in [4.69, 9.17) is 4.98 Å². The van der Waals surface area contributed by atoms with Crippen molar-refractivity contribution in [2.75, 3.05) is 18.0 Å². The van der Waals surface area contributed by atoms with Gasteiger partial charge in [-0.1, -0.05) is 17.3 Å². The number of halogens is 1. The van der Waals surface area contributed by atoms with Crippen molar-refractivity contribution in [2.24, 2.45) is 14.1 Å². The number of hydrogen-bond acceptors (Lipinski definition) is 6. The van der Waals surface area contributed by atoms with Gasteiger partial charge in [0.1, 0.15) is 17.3 Å². The molecule has 5 aromatic rings. The molecule has 1 saturated heterocycles. The minimum absolute atomic E-state index is 0.00310. The number of benzene rings is 2. The number of anilines is 1. The Morgan fingerprint density at radius 3 is 2.64 bits per heavy atom. The third-order valence-electron chi connectivity index (χ3n) is 7.26. The number of aromatic nitrogens is 6. The second-order valence-corrected chi connectivity index (χ2v) is 10.1. The van der Waals surface area contributed by atoms with Crippen LogP contribution in [0.15, 0.2) is 61.2 Å². The average Bonchev–Trinajstić information content (AvgIpc) is 3.57. The van der Waals surface area contributed by atoms with E-state index in [-0.39, 0.29) is 11.6 Å². The Morgan fingerprint density at radius 2 is 1.95 bits per heavy atom. The molecule has 0 aliphatic carbocycles. The van der Waals surface area contributed by atoms with Crippen molar-refractivity contribution in [1.82, 2.24) is 35.1 Å². The Labute approximate surface area is 225 Å². The molecule has 6 rings (SSSR count). The summed E-state index contributed by atoms with van der Waals surface area (Å²) in [5.41, 5.74) is 4.12. The van der Waals surface area contributed by atoms with E-state index in [9.17, 15) is 4.79 Å². The molecule has 1 N–H and O–H groups in total. The highest BCUT2D eigenvalue weighted by Gasteiger charge is 2.32. The molecule has 0 unspecified atom stereocenters. The number of carbonyl (C=O) groups is 1. The van der Waals surface area contributed by atoms with E-state index < -0.39 is 11.7 Å². The third-order valence-corrected chi connectivity index (χ3v) is 7.26. The molecule has 2 aromatic carbocycles. The summed E-state index contributed by atoms with van der Waals surface area (Å²) in [5, 5.41) is 17.5. The quantitative estimate of drug-likeness (QED) is 0.369. The normalized spacial score (nSPS) is 15.5. The van der Waals surface area contributed by atoms with E-state index in [1.165, 1.54) is 12.1 Å². The minimum Gasteiger partial charge on any atom is -0.315 e. The fourth-order valence-electron chi connectivity index (χ4n) is 5.37. The molecule has 4 heterocycles. The molecular weight excluding hydrogens is 495 g/mol. The van der Waals surface area contributed by atoms with E-state index >= 15 is 4.39 Å². The highest BCUT2D eigenvalue weighted by molar-refractivity contribution is 6.11. The molecular formula is C29H29FN8O. The van der Waals surface area contributed by atoms with Crippen LogP contribution in [0.1, 0.15) is 28.8 Å². The fourth-order valence-corrected chi connectivity index (χ4v) is 5.37. The maximum absolute atomic E-state index is 15.5. The summed E-state index contributed by atoms with van der Waals surface area (Å²) >= 11 is 0. The Balaban J connectivity index is 1.45. The smallest absolute Gasteiger partial charge is 0.262 e. The van der Waals surface area contributed by atoms with Gasteiger partial charge in [-0.3, -0.25) is 19.1 Å². The standard InChI is InChI=1S/C29H29FN8O/c1-18-11-21(22-14-33-36(2)16-22)12-20-8-10-32-28(27(18)20)38(23-5-4-9-31-15-23)29(39)24-7-6-19(13-25(24)30)26-17-37(3)35-34-26/h6-8,10-14,16-17,23,31H,4-5,9,15H2,1-3H3/t23-/m1/s1. The van der Waals surface area contributed by atoms with Crippen LogP contribution in [0.3, 0.4) is 0 Å². The Morgan fingerprint density at radius 1 is 1.08 bits per heavy atom. The predicted molar refractivity (Wildman–Crippen MR) is 148 cm³/mol. The number of pyridine rings is 1.